The second kappa shape index (κ2) is 7.59. The summed E-state index contributed by atoms with van der Waals surface area (Å²) in [5.41, 5.74) is 0. The number of nitrogens with one attached hydrogen (secondary N) is 2. The number of oxazole rings is 1. The average Bonchev–Trinajstić information content (AvgIpc) is 2.80. The Labute approximate surface area is 98.1 Å². The predicted octanol–water partition coefficient (Wildman–Crippen LogP) is 0.803. The van der Waals surface area contributed by atoms with Crippen molar-refractivity contribution < 1.29 is 4.42 Å². The number of rotatable bonds is 5. The van der Waals surface area contributed by atoms with Gasteiger partial charge in [0.2, 0.25) is 5.96 Å². The van der Waals surface area contributed by atoms with Crippen LogP contribution in [0.25, 0.3) is 0 Å². The van der Waals surface area contributed by atoms with Gasteiger partial charge in [-0.1, -0.05) is 11.8 Å². The Balaban J connectivity index is 2.13. The first-order chi connectivity index (χ1) is 7.86. The van der Waals surface area contributed by atoms with Crippen molar-refractivity contribution in [2.45, 2.75) is 11.6 Å². The summed E-state index contributed by atoms with van der Waals surface area (Å²) in [5, 5.41) is 14.3. The third-order valence-electron chi connectivity index (χ3n) is 1.62. The Morgan fingerprint density at radius 2 is 2.62 bits per heavy atom. The van der Waals surface area contributed by atoms with E-state index in [0.29, 0.717) is 17.7 Å². The first-order valence-electron chi connectivity index (χ1n) is 4.76. The van der Waals surface area contributed by atoms with Gasteiger partial charge in [-0.3, -0.25) is 10.3 Å². The minimum atomic E-state index is 0.489. The minimum Gasteiger partial charge on any atom is -0.440 e. The monoisotopic (exact) mass is 239 g/mol. The molecule has 1 heterocycles. The average molecular weight is 239 g/mol. The molecule has 0 aliphatic rings. The Morgan fingerprint density at radius 3 is 3.25 bits per heavy atom. The Hall–Kier alpha value is -1.68. The molecule has 0 fully saturated rings. The summed E-state index contributed by atoms with van der Waals surface area (Å²) in [6.07, 6.45) is 5.88. The van der Waals surface area contributed by atoms with E-state index in [2.05, 4.69) is 20.6 Å². The van der Waals surface area contributed by atoms with E-state index in [1.807, 2.05) is 6.19 Å². The van der Waals surface area contributed by atoms with Crippen LogP contribution in [0.4, 0.5) is 0 Å². The molecule has 2 N–H and O–H groups in total. The van der Waals surface area contributed by atoms with E-state index in [1.54, 1.807) is 31.3 Å². The fourth-order valence-electron chi connectivity index (χ4n) is 0.931. The van der Waals surface area contributed by atoms with Gasteiger partial charge in [0, 0.05) is 19.3 Å². The molecular weight excluding hydrogens is 226 g/mol. The number of nitriles is 1. The summed E-state index contributed by atoms with van der Waals surface area (Å²) in [6.45, 7) is 0.651. The predicted molar refractivity (Wildman–Crippen MR) is 62.0 cm³/mol. The maximum Gasteiger partial charge on any atom is 0.255 e. The summed E-state index contributed by atoms with van der Waals surface area (Å²) < 4.78 is 5.07. The van der Waals surface area contributed by atoms with Gasteiger partial charge in [-0.15, -0.1) is 0 Å². The van der Waals surface area contributed by atoms with Crippen molar-refractivity contribution in [3.63, 3.8) is 0 Å². The van der Waals surface area contributed by atoms with Crippen LogP contribution in [0.3, 0.4) is 0 Å². The summed E-state index contributed by atoms with van der Waals surface area (Å²) in [4.78, 5) is 8.15. The maximum absolute atomic E-state index is 8.39. The lowest BCUT2D eigenvalue weighted by atomic mass is 10.5. The van der Waals surface area contributed by atoms with Gasteiger partial charge in [-0.2, -0.15) is 5.26 Å². The largest absolute Gasteiger partial charge is 0.440 e. The van der Waals surface area contributed by atoms with E-state index in [1.165, 1.54) is 0 Å². The zero-order valence-corrected chi connectivity index (χ0v) is 9.75. The minimum absolute atomic E-state index is 0.489. The number of thioether (sulfide) groups is 1. The van der Waals surface area contributed by atoms with E-state index in [4.69, 9.17) is 9.68 Å². The first kappa shape index (κ1) is 12.4. The number of nitrogens with zero attached hydrogens (tertiary/aromatic N) is 3. The fraction of sp³-hybridized carbons (Fsp3) is 0.444. The lowest BCUT2D eigenvalue weighted by Gasteiger charge is -2.01. The van der Waals surface area contributed by atoms with Crippen LogP contribution in [0, 0.1) is 11.5 Å². The molecule has 0 saturated carbocycles. The van der Waals surface area contributed by atoms with Gasteiger partial charge in [0.05, 0.1) is 6.20 Å². The van der Waals surface area contributed by atoms with Crippen LogP contribution in [0.5, 0.6) is 0 Å². The SMILES string of the molecule is CN/C(=N/CCCSc1ncco1)NC#N. The van der Waals surface area contributed by atoms with Crippen LogP contribution < -0.4 is 10.6 Å². The van der Waals surface area contributed by atoms with Crippen LogP contribution in [-0.2, 0) is 0 Å². The fourth-order valence-corrected chi connectivity index (χ4v) is 1.64. The van der Waals surface area contributed by atoms with Crippen molar-refractivity contribution in [2.75, 3.05) is 19.3 Å². The van der Waals surface area contributed by atoms with Crippen LogP contribution in [0.2, 0.25) is 0 Å². The first-order valence-corrected chi connectivity index (χ1v) is 5.75. The lowest BCUT2D eigenvalue weighted by molar-refractivity contribution is 0.454. The molecule has 0 unspecified atom stereocenters. The topological polar surface area (TPSA) is 86.2 Å². The molecule has 0 saturated heterocycles. The number of aliphatic imine (C=N–C) groups is 1. The second-order valence-electron chi connectivity index (χ2n) is 2.72. The lowest BCUT2D eigenvalue weighted by Crippen LogP contribution is -2.31. The smallest absolute Gasteiger partial charge is 0.255 e. The molecule has 0 bridgehead atoms. The summed E-state index contributed by atoms with van der Waals surface area (Å²) in [6, 6.07) is 0. The van der Waals surface area contributed by atoms with Gasteiger partial charge in [0.15, 0.2) is 6.19 Å². The molecule has 0 aromatic carbocycles. The Morgan fingerprint density at radius 1 is 1.75 bits per heavy atom. The third kappa shape index (κ3) is 4.70. The summed E-state index contributed by atoms with van der Waals surface area (Å²) in [5.74, 6) is 1.37. The second-order valence-corrected chi connectivity index (χ2v) is 3.76. The highest BCUT2D eigenvalue weighted by Gasteiger charge is 1.97. The van der Waals surface area contributed by atoms with Crippen molar-refractivity contribution in [1.29, 1.82) is 5.26 Å². The van der Waals surface area contributed by atoms with Crippen LogP contribution >= 0.6 is 11.8 Å². The van der Waals surface area contributed by atoms with Gasteiger partial charge in [-0.05, 0) is 6.42 Å². The zero-order chi connectivity index (χ0) is 11.6. The highest BCUT2D eigenvalue weighted by Crippen LogP contribution is 2.15. The van der Waals surface area contributed by atoms with Crippen LogP contribution in [-0.4, -0.2) is 30.3 Å². The molecule has 16 heavy (non-hydrogen) atoms. The Kier molecular flexibility index (Phi) is 5.88. The molecule has 0 spiro atoms. The van der Waals surface area contributed by atoms with Gasteiger partial charge >= 0.3 is 0 Å². The normalized spacial score (nSPS) is 10.9. The molecule has 6 nitrogen and oxygen atoms in total. The van der Waals surface area contributed by atoms with E-state index >= 15 is 0 Å². The van der Waals surface area contributed by atoms with Crippen molar-refractivity contribution >= 4 is 17.7 Å². The molecule has 0 atom stereocenters. The maximum atomic E-state index is 8.39. The third-order valence-corrected chi connectivity index (χ3v) is 2.56. The number of aromatic nitrogens is 1. The molecule has 1 rings (SSSR count). The molecule has 1 aromatic rings. The molecule has 0 aliphatic heterocycles. The van der Waals surface area contributed by atoms with Crippen LogP contribution in [0.15, 0.2) is 27.1 Å². The molecule has 86 valence electrons. The number of hydrogen-bond acceptors (Lipinski definition) is 5. The molecule has 0 amide bonds. The van der Waals surface area contributed by atoms with E-state index < -0.39 is 0 Å². The quantitative estimate of drug-likeness (QED) is 0.197. The van der Waals surface area contributed by atoms with Crippen LogP contribution in [0.1, 0.15) is 6.42 Å². The van der Waals surface area contributed by atoms with Gasteiger partial charge in [0.25, 0.3) is 5.22 Å². The van der Waals surface area contributed by atoms with E-state index in [9.17, 15) is 0 Å². The highest BCUT2D eigenvalue weighted by molar-refractivity contribution is 7.99. The molecule has 0 radical (unpaired) electrons. The Bertz CT molecular complexity index is 356. The van der Waals surface area contributed by atoms with Crippen molar-refractivity contribution in [3.8, 4) is 6.19 Å². The zero-order valence-electron chi connectivity index (χ0n) is 8.93. The van der Waals surface area contributed by atoms with Crippen molar-refractivity contribution in [2.24, 2.45) is 4.99 Å². The number of hydrogen-bond donors (Lipinski definition) is 2. The highest BCUT2D eigenvalue weighted by atomic mass is 32.2. The van der Waals surface area contributed by atoms with Crippen molar-refractivity contribution in [1.82, 2.24) is 15.6 Å². The standard InChI is InChI=1S/C9H13N5OS/c1-11-8(14-7-10)12-3-2-6-16-9-13-4-5-15-9/h4-5H,2-3,6H2,1H3,(H2,11,12,14). The summed E-state index contributed by atoms with van der Waals surface area (Å²) >= 11 is 1.55. The van der Waals surface area contributed by atoms with E-state index in [0.717, 1.165) is 12.2 Å². The molecule has 7 heteroatoms. The van der Waals surface area contributed by atoms with Gasteiger partial charge in [0.1, 0.15) is 6.26 Å². The molecular formula is C9H13N5OS. The number of guanidine groups is 1. The van der Waals surface area contributed by atoms with Gasteiger partial charge in [-0.25, -0.2) is 4.98 Å². The summed E-state index contributed by atoms with van der Waals surface area (Å²) in [7, 11) is 1.71. The molecule has 1 aromatic heterocycles. The van der Waals surface area contributed by atoms with Crippen molar-refractivity contribution in [3.05, 3.63) is 12.5 Å². The van der Waals surface area contributed by atoms with Gasteiger partial charge < -0.3 is 9.73 Å². The molecule has 0 aliphatic carbocycles. The van der Waals surface area contributed by atoms with E-state index in [-0.39, 0.29) is 0 Å².